The number of piperidine rings is 1. The van der Waals surface area contributed by atoms with Crippen LogP contribution in [0.15, 0.2) is 12.4 Å². The number of ketones is 1. The molecule has 2 fully saturated rings. The van der Waals surface area contributed by atoms with Crippen LogP contribution in [-0.2, 0) is 4.79 Å². The lowest BCUT2D eigenvalue weighted by atomic mass is 9.81. The molecule has 1 saturated carbocycles. The maximum Gasteiger partial charge on any atom is 0.135 e. The lowest BCUT2D eigenvalue weighted by Crippen LogP contribution is -2.43. The summed E-state index contributed by atoms with van der Waals surface area (Å²) in [5, 5.41) is 4.70. The molecule has 2 aliphatic rings. The molecule has 28 heavy (non-hydrogen) atoms. The van der Waals surface area contributed by atoms with Gasteiger partial charge in [0.15, 0.2) is 0 Å². The molecule has 0 spiro atoms. The zero-order valence-electron chi connectivity index (χ0n) is 18.6. The Balaban J connectivity index is 1.43. The molecule has 0 bridgehead atoms. The third kappa shape index (κ3) is 5.46. The van der Waals surface area contributed by atoms with Crippen LogP contribution in [0.25, 0.3) is 0 Å². The predicted octanol–water partition coefficient (Wildman–Crippen LogP) is 5.60. The summed E-state index contributed by atoms with van der Waals surface area (Å²) in [5.41, 5.74) is 1.40. The van der Waals surface area contributed by atoms with E-state index in [0.717, 1.165) is 12.5 Å². The fraction of sp³-hybridized carbons (Fsp3) is 0.833. The number of hydrogen-bond acceptors (Lipinski definition) is 3. The van der Waals surface area contributed by atoms with E-state index >= 15 is 0 Å². The lowest BCUT2D eigenvalue weighted by molar-refractivity contribution is -0.123. The maximum atomic E-state index is 12.0. The molecule has 4 nitrogen and oxygen atoms in total. The van der Waals surface area contributed by atoms with Crippen molar-refractivity contribution >= 4 is 5.78 Å². The van der Waals surface area contributed by atoms with E-state index in [1.54, 1.807) is 0 Å². The largest absolute Gasteiger partial charge is 0.300 e. The van der Waals surface area contributed by atoms with Crippen LogP contribution < -0.4 is 0 Å². The summed E-state index contributed by atoms with van der Waals surface area (Å²) in [4.78, 5) is 14.7. The second-order valence-electron chi connectivity index (χ2n) is 9.71. The number of Topliss-reactive ketones (excluding diaryl/α,β-unsaturated/α-hetero) is 1. The molecule has 0 N–H and O–H groups in total. The number of hydrogen-bond donors (Lipinski definition) is 0. The fourth-order valence-corrected chi connectivity index (χ4v) is 5.16. The van der Waals surface area contributed by atoms with Crippen molar-refractivity contribution in [1.82, 2.24) is 14.7 Å². The summed E-state index contributed by atoms with van der Waals surface area (Å²) in [5.74, 6) is 1.91. The highest BCUT2D eigenvalue weighted by atomic mass is 16.1. The Bertz CT molecular complexity index is 607. The van der Waals surface area contributed by atoms with Gasteiger partial charge in [0.25, 0.3) is 0 Å². The van der Waals surface area contributed by atoms with E-state index in [-0.39, 0.29) is 5.92 Å². The van der Waals surface area contributed by atoms with Crippen LogP contribution in [-0.4, -0.2) is 39.6 Å². The average molecular weight is 388 g/mol. The number of likely N-dealkylation sites (tertiary alicyclic amines) is 1. The molecule has 0 radical (unpaired) electrons. The Morgan fingerprint density at radius 2 is 1.75 bits per heavy atom. The van der Waals surface area contributed by atoms with Gasteiger partial charge in [-0.05, 0) is 62.3 Å². The summed E-state index contributed by atoms with van der Waals surface area (Å²) < 4.78 is 2.24. The smallest absolute Gasteiger partial charge is 0.135 e. The molecular weight excluding hydrogens is 346 g/mol. The normalized spacial score (nSPS) is 25.9. The van der Waals surface area contributed by atoms with Gasteiger partial charge in [-0.1, -0.05) is 34.1 Å². The first-order valence-electron chi connectivity index (χ1n) is 11.8. The standard InChI is InChI=1S/C24H41N3O/c1-5-6-19(4)21-16-25-27(17-21)23-11-13-26(14-12-23)22-9-7-20(8-10-22)15-24(28)18(2)3/h16-20,22-23H,5-15H2,1-4H3. The van der Waals surface area contributed by atoms with Crippen molar-refractivity contribution in [2.75, 3.05) is 13.1 Å². The zero-order chi connectivity index (χ0) is 20.1. The van der Waals surface area contributed by atoms with Gasteiger partial charge in [-0.2, -0.15) is 5.10 Å². The minimum absolute atomic E-state index is 0.199. The topological polar surface area (TPSA) is 38.1 Å². The molecule has 1 atom stereocenters. The van der Waals surface area contributed by atoms with E-state index < -0.39 is 0 Å². The molecule has 4 heteroatoms. The molecule has 1 aliphatic carbocycles. The zero-order valence-corrected chi connectivity index (χ0v) is 18.6. The van der Waals surface area contributed by atoms with Crippen molar-refractivity contribution < 1.29 is 4.79 Å². The highest BCUT2D eigenvalue weighted by Crippen LogP contribution is 2.33. The van der Waals surface area contributed by atoms with Gasteiger partial charge in [-0.25, -0.2) is 0 Å². The van der Waals surface area contributed by atoms with Gasteiger partial charge in [-0.15, -0.1) is 0 Å². The van der Waals surface area contributed by atoms with Crippen molar-refractivity contribution in [3.05, 3.63) is 18.0 Å². The van der Waals surface area contributed by atoms with Crippen molar-refractivity contribution in [1.29, 1.82) is 0 Å². The molecule has 1 aromatic rings. The van der Waals surface area contributed by atoms with Crippen LogP contribution in [0.2, 0.25) is 0 Å². The summed E-state index contributed by atoms with van der Waals surface area (Å²) in [6.07, 6.45) is 15.1. The van der Waals surface area contributed by atoms with Gasteiger partial charge in [0.1, 0.15) is 5.78 Å². The van der Waals surface area contributed by atoms with Gasteiger partial charge < -0.3 is 4.90 Å². The molecular formula is C24H41N3O. The molecule has 1 aromatic heterocycles. The second kappa shape index (κ2) is 10.0. The number of aromatic nitrogens is 2. The summed E-state index contributed by atoms with van der Waals surface area (Å²) >= 11 is 0. The molecule has 3 rings (SSSR count). The minimum Gasteiger partial charge on any atom is -0.300 e. The van der Waals surface area contributed by atoms with Crippen LogP contribution in [0.3, 0.4) is 0 Å². The van der Waals surface area contributed by atoms with Gasteiger partial charge in [0.05, 0.1) is 12.2 Å². The van der Waals surface area contributed by atoms with Crippen molar-refractivity contribution in [2.45, 2.75) is 103 Å². The number of nitrogens with zero attached hydrogens (tertiary/aromatic N) is 3. The molecule has 1 unspecified atom stereocenters. The molecule has 1 saturated heterocycles. The quantitative estimate of drug-likeness (QED) is 0.583. The monoisotopic (exact) mass is 387 g/mol. The Morgan fingerprint density at radius 1 is 1.07 bits per heavy atom. The maximum absolute atomic E-state index is 12.0. The van der Waals surface area contributed by atoms with Gasteiger partial charge in [-0.3, -0.25) is 9.48 Å². The summed E-state index contributed by atoms with van der Waals surface area (Å²) in [6, 6.07) is 1.31. The highest BCUT2D eigenvalue weighted by Gasteiger charge is 2.30. The van der Waals surface area contributed by atoms with Crippen molar-refractivity contribution in [3.63, 3.8) is 0 Å². The van der Waals surface area contributed by atoms with E-state index in [1.165, 1.54) is 70.0 Å². The van der Waals surface area contributed by atoms with Crippen LogP contribution in [0.5, 0.6) is 0 Å². The van der Waals surface area contributed by atoms with Gasteiger partial charge in [0.2, 0.25) is 0 Å². The summed E-state index contributed by atoms with van der Waals surface area (Å²) in [7, 11) is 0. The van der Waals surface area contributed by atoms with E-state index in [9.17, 15) is 4.79 Å². The minimum atomic E-state index is 0.199. The first-order chi connectivity index (χ1) is 13.5. The third-order valence-electron chi connectivity index (χ3n) is 7.25. The number of rotatable bonds is 8. The highest BCUT2D eigenvalue weighted by molar-refractivity contribution is 5.80. The Kier molecular flexibility index (Phi) is 7.73. The number of carbonyl (C=O) groups excluding carboxylic acids is 1. The van der Waals surface area contributed by atoms with E-state index in [0.29, 0.717) is 23.7 Å². The van der Waals surface area contributed by atoms with Crippen molar-refractivity contribution in [3.8, 4) is 0 Å². The molecule has 0 aromatic carbocycles. The Hall–Kier alpha value is -1.16. The van der Waals surface area contributed by atoms with Gasteiger partial charge >= 0.3 is 0 Å². The first kappa shape index (κ1) is 21.5. The van der Waals surface area contributed by atoms with Crippen LogP contribution >= 0.6 is 0 Å². The number of carbonyl (C=O) groups is 1. The molecule has 2 heterocycles. The second-order valence-corrected chi connectivity index (χ2v) is 9.71. The fourth-order valence-electron chi connectivity index (χ4n) is 5.16. The Morgan fingerprint density at radius 3 is 2.36 bits per heavy atom. The predicted molar refractivity (Wildman–Crippen MR) is 116 cm³/mol. The van der Waals surface area contributed by atoms with Crippen LogP contribution in [0, 0.1) is 11.8 Å². The van der Waals surface area contributed by atoms with Crippen LogP contribution in [0.1, 0.15) is 103 Å². The van der Waals surface area contributed by atoms with E-state index in [4.69, 9.17) is 5.10 Å². The van der Waals surface area contributed by atoms with E-state index in [2.05, 4.69) is 35.8 Å². The average Bonchev–Trinajstić information content (AvgIpc) is 3.19. The SMILES string of the molecule is CCCC(C)c1cnn(C2CCN(C3CCC(CC(=O)C(C)C)CC3)CC2)c1. The molecule has 1 aliphatic heterocycles. The van der Waals surface area contributed by atoms with Gasteiger partial charge in [0, 0.05) is 37.7 Å². The van der Waals surface area contributed by atoms with Crippen molar-refractivity contribution in [2.24, 2.45) is 11.8 Å². The van der Waals surface area contributed by atoms with Crippen LogP contribution in [0.4, 0.5) is 0 Å². The third-order valence-corrected chi connectivity index (χ3v) is 7.25. The van der Waals surface area contributed by atoms with E-state index in [1.807, 2.05) is 13.8 Å². The lowest BCUT2D eigenvalue weighted by Gasteiger charge is -2.40. The summed E-state index contributed by atoms with van der Waals surface area (Å²) in [6.45, 7) is 11.0. The molecule has 0 amide bonds. The Labute approximate surface area is 172 Å². The molecule has 158 valence electrons. The first-order valence-corrected chi connectivity index (χ1v) is 11.8.